The fraction of sp³-hybridized carbons (Fsp3) is 0.269. The van der Waals surface area contributed by atoms with Crippen LogP contribution in [0.5, 0.6) is 11.6 Å². The topological polar surface area (TPSA) is 113 Å². The van der Waals surface area contributed by atoms with Crippen LogP contribution in [0.15, 0.2) is 59.1 Å². The van der Waals surface area contributed by atoms with E-state index in [4.69, 9.17) is 9.15 Å². The van der Waals surface area contributed by atoms with Gasteiger partial charge in [0.25, 0.3) is 5.91 Å². The second-order valence-corrected chi connectivity index (χ2v) is 10.3. The molecule has 1 amide bonds. The fourth-order valence-electron chi connectivity index (χ4n) is 3.73. The zero-order chi connectivity index (χ0) is 26.5. The third-order valence-electron chi connectivity index (χ3n) is 5.70. The third-order valence-corrected chi connectivity index (χ3v) is 7.04. The molecular weight excluding hydrogens is 492 g/mol. The number of carbonyl (C=O) groups excluding carboxylic acids is 1. The van der Waals surface area contributed by atoms with E-state index in [2.05, 4.69) is 25.5 Å². The monoisotopic (exact) mass is 522 g/mol. The number of aryl methyl sites for hydroxylation is 1. The molecule has 194 valence electrons. The smallest absolute Gasteiger partial charge is 0.255 e. The summed E-state index contributed by atoms with van der Waals surface area (Å²) in [4.78, 5) is 23.0. The van der Waals surface area contributed by atoms with Gasteiger partial charge in [0.2, 0.25) is 11.8 Å². The van der Waals surface area contributed by atoms with Gasteiger partial charge in [-0.25, -0.2) is 13.5 Å². The second-order valence-electron chi connectivity index (χ2n) is 8.53. The largest absolute Gasteiger partial charge is 0.460 e. The Hall–Kier alpha value is -3.96. The van der Waals surface area contributed by atoms with Gasteiger partial charge in [0.05, 0.1) is 22.3 Å². The van der Waals surface area contributed by atoms with Crippen molar-refractivity contribution in [1.29, 1.82) is 0 Å². The van der Waals surface area contributed by atoms with Crippen LogP contribution >= 0.6 is 0 Å². The lowest BCUT2D eigenvalue weighted by molar-refractivity contribution is 0.0963. The molecule has 0 aliphatic heterocycles. The van der Waals surface area contributed by atoms with Gasteiger partial charge in [-0.15, -0.1) is 0 Å². The Morgan fingerprint density at radius 3 is 2.70 bits per heavy atom. The molecule has 2 N–H and O–H groups in total. The first kappa shape index (κ1) is 26.1. The summed E-state index contributed by atoms with van der Waals surface area (Å²) < 4.78 is 25.4. The van der Waals surface area contributed by atoms with Crippen molar-refractivity contribution < 1.29 is 18.2 Å². The Bertz CT molecular complexity index is 1440. The molecule has 2 aromatic heterocycles. The summed E-state index contributed by atoms with van der Waals surface area (Å²) in [5.74, 6) is 2.14. The summed E-state index contributed by atoms with van der Waals surface area (Å²) in [7, 11) is 6.14. The highest BCUT2D eigenvalue weighted by Gasteiger charge is 2.18. The van der Waals surface area contributed by atoms with E-state index < -0.39 is 11.0 Å². The highest BCUT2D eigenvalue weighted by Crippen LogP contribution is 2.31. The summed E-state index contributed by atoms with van der Waals surface area (Å²) in [6.45, 7) is 2.41. The highest BCUT2D eigenvalue weighted by molar-refractivity contribution is 7.82. The Balaban J connectivity index is 1.46. The number of rotatable bonds is 10. The van der Waals surface area contributed by atoms with Crippen molar-refractivity contribution in [2.75, 3.05) is 50.7 Å². The van der Waals surface area contributed by atoms with E-state index in [1.165, 1.54) is 0 Å². The zero-order valence-electron chi connectivity index (χ0n) is 21.4. The van der Waals surface area contributed by atoms with E-state index in [-0.39, 0.29) is 5.91 Å². The van der Waals surface area contributed by atoms with E-state index in [0.29, 0.717) is 52.2 Å². The summed E-state index contributed by atoms with van der Waals surface area (Å²) in [5, 5.41) is 6.56. The number of nitrogens with one attached hydrogen (secondary N) is 2. The first-order chi connectivity index (χ1) is 17.7. The number of benzene rings is 2. The highest BCUT2D eigenvalue weighted by atomic mass is 32.2. The maximum Gasteiger partial charge on any atom is 0.255 e. The van der Waals surface area contributed by atoms with Gasteiger partial charge in [-0.1, -0.05) is 6.07 Å². The van der Waals surface area contributed by atoms with E-state index in [1.807, 2.05) is 31.3 Å². The number of fused-ring (bicyclic) bond motifs is 1. The Labute approximate surface area is 218 Å². The van der Waals surface area contributed by atoms with E-state index in [0.717, 1.165) is 11.4 Å². The molecule has 1 unspecified atom stereocenters. The first-order valence-electron chi connectivity index (χ1n) is 11.7. The lowest BCUT2D eigenvalue weighted by atomic mass is 10.1. The summed E-state index contributed by atoms with van der Waals surface area (Å²) >= 11 is 0. The number of nitrogens with zero attached hydrogens (tertiary/aromatic N) is 4. The van der Waals surface area contributed by atoms with Crippen LogP contribution in [0.1, 0.15) is 16.1 Å². The molecule has 10 nitrogen and oxygen atoms in total. The minimum atomic E-state index is -1.01. The molecule has 0 radical (unpaired) electrons. The van der Waals surface area contributed by atoms with Gasteiger partial charge >= 0.3 is 0 Å². The van der Waals surface area contributed by atoms with Gasteiger partial charge in [-0.2, -0.15) is 4.98 Å². The second kappa shape index (κ2) is 11.4. The van der Waals surface area contributed by atoms with Crippen molar-refractivity contribution >= 4 is 45.2 Å². The molecule has 0 aliphatic rings. The molecule has 0 spiro atoms. The average Bonchev–Trinajstić information content (AvgIpc) is 3.21. The van der Waals surface area contributed by atoms with Crippen LogP contribution in [0, 0.1) is 6.92 Å². The van der Waals surface area contributed by atoms with E-state index in [9.17, 15) is 9.00 Å². The maximum absolute atomic E-state index is 12.2. The van der Waals surface area contributed by atoms with Crippen molar-refractivity contribution in [2.24, 2.45) is 0 Å². The average molecular weight is 523 g/mol. The Kier molecular flexibility index (Phi) is 8.04. The van der Waals surface area contributed by atoms with Gasteiger partial charge in [0.1, 0.15) is 17.1 Å². The van der Waals surface area contributed by atoms with Crippen molar-refractivity contribution in [1.82, 2.24) is 19.6 Å². The number of carbonyl (C=O) groups is 1. The number of amides is 1. The van der Waals surface area contributed by atoms with Crippen LogP contribution in [0.4, 0.5) is 17.3 Å². The fourth-order valence-corrected chi connectivity index (χ4v) is 4.52. The predicted octanol–water partition coefficient (Wildman–Crippen LogP) is 4.09. The molecule has 0 aliphatic carbocycles. The van der Waals surface area contributed by atoms with Crippen molar-refractivity contribution in [3.63, 3.8) is 0 Å². The van der Waals surface area contributed by atoms with Crippen LogP contribution in [0.25, 0.3) is 11.0 Å². The predicted molar refractivity (Wildman–Crippen MR) is 146 cm³/mol. The van der Waals surface area contributed by atoms with Gasteiger partial charge in [0.15, 0.2) is 0 Å². The minimum Gasteiger partial charge on any atom is -0.460 e. The summed E-state index contributed by atoms with van der Waals surface area (Å²) in [5.41, 5.74) is 2.85. The lowest BCUT2D eigenvalue weighted by Gasteiger charge is -2.21. The number of hydrogen-bond acceptors (Lipinski definition) is 8. The Morgan fingerprint density at radius 2 is 1.95 bits per heavy atom. The molecule has 37 heavy (non-hydrogen) atoms. The number of anilines is 3. The third kappa shape index (κ3) is 6.25. The Morgan fingerprint density at radius 1 is 1.14 bits per heavy atom. The molecule has 4 aromatic rings. The van der Waals surface area contributed by atoms with Crippen LogP contribution in [-0.2, 0) is 11.0 Å². The first-order valence-corrected chi connectivity index (χ1v) is 12.9. The van der Waals surface area contributed by atoms with Gasteiger partial charge < -0.3 is 24.7 Å². The van der Waals surface area contributed by atoms with E-state index >= 15 is 0 Å². The lowest BCUT2D eigenvalue weighted by Crippen LogP contribution is -2.28. The SMILES string of the molecule is CNC(=O)c1c(C)oc2cc(Oc3ccnc(Nc4cccc(N(C)CCS(=O)N(C)C)c4)n3)ccc12. The van der Waals surface area contributed by atoms with Gasteiger partial charge in [-0.05, 0) is 51.4 Å². The minimum absolute atomic E-state index is 0.199. The molecule has 4 rings (SSSR count). The molecule has 1 atom stereocenters. The molecular formula is C26H30N6O4S. The normalized spacial score (nSPS) is 11.9. The van der Waals surface area contributed by atoms with E-state index in [1.54, 1.807) is 62.8 Å². The van der Waals surface area contributed by atoms with Crippen molar-refractivity contribution in [3.8, 4) is 11.6 Å². The molecule has 0 saturated heterocycles. The molecule has 0 fully saturated rings. The standard InChI is InChI=1S/C26H30N6O4S/c1-17-24(25(33)27-2)21-10-9-20(16-22(21)35-17)36-23-11-12-28-26(30-23)29-18-7-6-8-19(15-18)32(5)13-14-37(34)31(3)4/h6-12,15-16H,13-14H2,1-5H3,(H,27,33)(H,28,29,30). The van der Waals surface area contributed by atoms with Crippen LogP contribution < -0.4 is 20.3 Å². The number of aromatic nitrogens is 2. The van der Waals surface area contributed by atoms with Crippen LogP contribution in [-0.4, -0.2) is 64.9 Å². The van der Waals surface area contributed by atoms with Crippen LogP contribution in [0.3, 0.4) is 0 Å². The number of ether oxygens (including phenoxy) is 1. The number of hydrogen-bond donors (Lipinski definition) is 2. The summed E-state index contributed by atoms with van der Waals surface area (Å²) in [6, 6.07) is 14.8. The zero-order valence-corrected chi connectivity index (χ0v) is 22.3. The quantitative estimate of drug-likeness (QED) is 0.320. The molecule has 0 saturated carbocycles. The molecule has 0 bridgehead atoms. The summed E-state index contributed by atoms with van der Waals surface area (Å²) in [6.07, 6.45) is 1.61. The molecule has 11 heteroatoms. The van der Waals surface area contributed by atoms with Crippen LogP contribution in [0.2, 0.25) is 0 Å². The number of furan rings is 1. The maximum atomic E-state index is 12.2. The molecule has 2 aromatic carbocycles. The van der Waals surface area contributed by atoms with Gasteiger partial charge in [0, 0.05) is 55.7 Å². The van der Waals surface area contributed by atoms with Crippen molar-refractivity contribution in [2.45, 2.75) is 6.92 Å². The molecule has 2 heterocycles. The van der Waals surface area contributed by atoms with Crippen molar-refractivity contribution in [3.05, 3.63) is 66.1 Å². The van der Waals surface area contributed by atoms with Gasteiger partial charge in [-0.3, -0.25) is 4.79 Å².